The fourth-order valence-corrected chi connectivity index (χ4v) is 6.29. The summed E-state index contributed by atoms with van der Waals surface area (Å²) in [6, 6.07) is 31.0. The second kappa shape index (κ2) is 15.9. The molecule has 0 bridgehead atoms. The first-order chi connectivity index (χ1) is 21.7. The minimum atomic E-state index is -4.17. The van der Waals surface area contributed by atoms with Crippen LogP contribution < -0.4 is 14.4 Å². The van der Waals surface area contributed by atoms with Crippen molar-refractivity contribution in [3.8, 4) is 11.5 Å². The second-order valence-corrected chi connectivity index (χ2v) is 12.7. The Kier molecular flexibility index (Phi) is 11.8. The van der Waals surface area contributed by atoms with Crippen LogP contribution in [0, 0.1) is 6.92 Å². The molecule has 236 valence electrons. The smallest absolute Gasteiger partial charge is 0.264 e. The van der Waals surface area contributed by atoms with Crippen LogP contribution in [0.5, 0.6) is 11.5 Å². The number of sulfonamides is 1. The molecule has 4 aromatic rings. The SMILES string of the molecule is CCCCNC(=O)C(CC)N(Cc1ccccc1)C(=O)CN(c1ccc(Oc2ccccc2)cc1)S(=O)(=O)c1ccc(C)cc1. The van der Waals surface area contributed by atoms with Crippen LogP contribution in [0.3, 0.4) is 0 Å². The quantitative estimate of drug-likeness (QED) is 0.148. The first-order valence-corrected chi connectivity index (χ1v) is 16.7. The average Bonchev–Trinajstić information content (AvgIpc) is 3.05. The number of carbonyl (C=O) groups excluding carboxylic acids is 2. The number of nitrogens with zero attached hydrogens (tertiary/aromatic N) is 2. The zero-order valence-corrected chi connectivity index (χ0v) is 26.9. The number of hydrogen-bond donors (Lipinski definition) is 1. The standard InChI is InChI=1S/C36H41N3O5S/c1-4-6-25-37-36(41)34(5-2)38(26-29-13-9-7-10-14-29)35(40)27-39(45(42,43)33-23-17-28(3)18-24-33)30-19-21-32(22-20-30)44-31-15-11-8-12-16-31/h7-24,34H,4-6,25-27H2,1-3H3,(H,37,41). The van der Waals surface area contributed by atoms with Crippen LogP contribution in [-0.4, -0.2) is 44.3 Å². The maximum Gasteiger partial charge on any atom is 0.264 e. The van der Waals surface area contributed by atoms with Gasteiger partial charge in [0.25, 0.3) is 10.0 Å². The third-order valence-corrected chi connectivity index (χ3v) is 9.19. The van der Waals surface area contributed by atoms with Crippen molar-refractivity contribution in [3.05, 3.63) is 120 Å². The van der Waals surface area contributed by atoms with Gasteiger partial charge in [-0.2, -0.15) is 0 Å². The molecule has 9 heteroatoms. The monoisotopic (exact) mass is 627 g/mol. The lowest BCUT2D eigenvalue weighted by molar-refractivity contribution is -0.140. The number of rotatable bonds is 15. The first kappa shape index (κ1) is 33.3. The van der Waals surface area contributed by atoms with Crippen molar-refractivity contribution in [1.82, 2.24) is 10.2 Å². The lowest BCUT2D eigenvalue weighted by Gasteiger charge is -2.33. The number of unbranched alkanes of at least 4 members (excludes halogenated alkanes) is 1. The van der Waals surface area contributed by atoms with Gasteiger partial charge in [0.05, 0.1) is 10.6 Å². The Balaban J connectivity index is 1.70. The summed E-state index contributed by atoms with van der Waals surface area (Å²) in [5.41, 5.74) is 2.04. The van der Waals surface area contributed by atoms with Crippen LogP contribution in [-0.2, 0) is 26.2 Å². The number of anilines is 1. The van der Waals surface area contributed by atoms with Crippen LogP contribution in [0.15, 0.2) is 114 Å². The van der Waals surface area contributed by atoms with Gasteiger partial charge in [-0.3, -0.25) is 13.9 Å². The zero-order chi connectivity index (χ0) is 32.2. The topological polar surface area (TPSA) is 96.0 Å². The van der Waals surface area contributed by atoms with Crippen molar-refractivity contribution in [3.63, 3.8) is 0 Å². The highest BCUT2D eigenvalue weighted by Crippen LogP contribution is 2.29. The van der Waals surface area contributed by atoms with E-state index in [2.05, 4.69) is 5.32 Å². The Morgan fingerprint density at radius 3 is 2.00 bits per heavy atom. The molecule has 0 fully saturated rings. The van der Waals surface area contributed by atoms with E-state index in [4.69, 9.17) is 4.74 Å². The third kappa shape index (κ3) is 8.95. The number of benzene rings is 4. The molecule has 0 aliphatic heterocycles. The maximum absolute atomic E-state index is 14.2. The fraction of sp³-hybridized carbons (Fsp3) is 0.278. The number of amides is 2. The molecule has 1 unspecified atom stereocenters. The van der Waals surface area contributed by atoms with Crippen LogP contribution in [0.4, 0.5) is 5.69 Å². The predicted octanol–water partition coefficient (Wildman–Crippen LogP) is 6.71. The summed E-state index contributed by atoms with van der Waals surface area (Å²) in [7, 11) is -4.17. The molecule has 0 spiro atoms. The van der Waals surface area contributed by atoms with E-state index in [1.807, 2.05) is 81.4 Å². The van der Waals surface area contributed by atoms with Gasteiger partial charge in [0.15, 0.2) is 0 Å². The highest BCUT2D eigenvalue weighted by Gasteiger charge is 2.33. The van der Waals surface area contributed by atoms with E-state index in [0.717, 1.165) is 28.3 Å². The van der Waals surface area contributed by atoms with E-state index in [9.17, 15) is 18.0 Å². The van der Waals surface area contributed by atoms with Crippen molar-refractivity contribution >= 4 is 27.5 Å². The fourth-order valence-electron chi connectivity index (χ4n) is 4.88. The van der Waals surface area contributed by atoms with E-state index in [1.165, 1.54) is 17.0 Å². The molecule has 0 saturated heterocycles. The van der Waals surface area contributed by atoms with Crippen molar-refractivity contribution in [2.24, 2.45) is 0 Å². The Hall–Kier alpha value is -4.63. The first-order valence-electron chi connectivity index (χ1n) is 15.3. The van der Waals surface area contributed by atoms with E-state index >= 15 is 0 Å². The minimum Gasteiger partial charge on any atom is -0.457 e. The summed E-state index contributed by atoms with van der Waals surface area (Å²) < 4.78 is 35.3. The lowest BCUT2D eigenvalue weighted by Crippen LogP contribution is -2.52. The molecule has 0 aliphatic carbocycles. The van der Waals surface area contributed by atoms with Gasteiger partial charge >= 0.3 is 0 Å². The number of para-hydroxylation sites is 1. The van der Waals surface area contributed by atoms with Crippen molar-refractivity contribution in [2.45, 2.75) is 57.5 Å². The van der Waals surface area contributed by atoms with Gasteiger partial charge in [0.2, 0.25) is 11.8 Å². The molecule has 0 aromatic heterocycles. The van der Waals surface area contributed by atoms with Crippen LogP contribution in [0.2, 0.25) is 0 Å². The van der Waals surface area contributed by atoms with E-state index in [0.29, 0.717) is 30.2 Å². The number of hydrogen-bond acceptors (Lipinski definition) is 5. The Labute approximate surface area is 266 Å². The summed E-state index contributed by atoms with van der Waals surface area (Å²) in [5.74, 6) is 0.413. The van der Waals surface area contributed by atoms with Gasteiger partial charge < -0.3 is 15.0 Å². The van der Waals surface area contributed by atoms with Gasteiger partial charge in [-0.05, 0) is 73.9 Å². The Morgan fingerprint density at radius 2 is 1.40 bits per heavy atom. The van der Waals surface area contributed by atoms with Crippen molar-refractivity contribution in [2.75, 3.05) is 17.4 Å². The minimum absolute atomic E-state index is 0.0597. The van der Waals surface area contributed by atoms with Crippen molar-refractivity contribution < 1.29 is 22.7 Å². The average molecular weight is 628 g/mol. The van der Waals surface area contributed by atoms with Gasteiger partial charge in [-0.15, -0.1) is 0 Å². The number of aryl methyl sites for hydroxylation is 1. The number of ether oxygens (including phenoxy) is 1. The Morgan fingerprint density at radius 1 is 0.800 bits per heavy atom. The molecular weight excluding hydrogens is 586 g/mol. The molecule has 0 aliphatic rings. The molecule has 8 nitrogen and oxygen atoms in total. The predicted molar refractivity (Wildman–Crippen MR) is 178 cm³/mol. The molecule has 0 radical (unpaired) electrons. The van der Waals surface area contributed by atoms with Gasteiger partial charge in [0, 0.05) is 13.1 Å². The van der Waals surface area contributed by atoms with Crippen LogP contribution >= 0.6 is 0 Å². The number of carbonyl (C=O) groups is 2. The number of nitrogens with one attached hydrogen (secondary N) is 1. The summed E-state index contributed by atoms with van der Waals surface area (Å²) in [6.45, 7) is 5.92. The van der Waals surface area contributed by atoms with E-state index < -0.39 is 28.5 Å². The van der Waals surface area contributed by atoms with E-state index in [1.54, 1.807) is 36.4 Å². The highest BCUT2D eigenvalue weighted by molar-refractivity contribution is 7.92. The van der Waals surface area contributed by atoms with E-state index in [-0.39, 0.29) is 17.3 Å². The summed E-state index contributed by atoms with van der Waals surface area (Å²) in [4.78, 5) is 29.1. The zero-order valence-electron chi connectivity index (χ0n) is 26.1. The summed E-state index contributed by atoms with van der Waals surface area (Å²) in [6.07, 6.45) is 2.11. The Bertz CT molecular complexity index is 1630. The molecular formula is C36H41N3O5S. The highest BCUT2D eigenvalue weighted by atomic mass is 32.2. The van der Waals surface area contributed by atoms with Gasteiger partial charge in [-0.25, -0.2) is 8.42 Å². The molecule has 4 rings (SSSR count). The molecule has 45 heavy (non-hydrogen) atoms. The third-order valence-electron chi connectivity index (χ3n) is 7.40. The largest absolute Gasteiger partial charge is 0.457 e. The molecule has 0 heterocycles. The van der Waals surface area contributed by atoms with Gasteiger partial charge in [-0.1, -0.05) is 86.5 Å². The normalized spacial score (nSPS) is 11.8. The molecule has 2 amide bonds. The van der Waals surface area contributed by atoms with Crippen LogP contribution in [0.1, 0.15) is 44.2 Å². The molecule has 1 N–H and O–H groups in total. The van der Waals surface area contributed by atoms with Gasteiger partial charge in [0.1, 0.15) is 24.1 Å². The second-order valence-electron chi connectivity index (χ2n) is 10.8. The van der Waals surface area contributed by atoms with Crippen molar-refractivity contribution in [1.29, 1.82) is 0 Å². The summed E-state index contributed by atoms with van der Waals surface area (Å²) in [5, 5.41) is 2.95. The molecule has 4 aromatic carbocycles. The maximum atomic E-state index is 14.2. The summed E-state index contributed by atoms with van der Waals surface area (Å²) >= 11 is 0. The molecule has 0 saturated carbocycles. The van der Waals surface area contributed by atoms with Crippen LogP contribution in [0.25, 0.3) is 0 Å². The lowest BCUT2D eigenvalue weighted by atomic mass is 10.1. The molecule has 1 atom stereocenters.